The van der Waals surface area contributed by atoms with Gasteiger partial charge in [0.15, 0.2) is 5.82 Å². The smallest absolute Gasteiger partial charge is 0.155 e. The van der Waals surface area contributed by atoms with Crippen LogP contribution in [0.1, 0.15) is 56.8 Å². The second-order valence-corrected chi connectivity index (χ2v) is 10.4. The lowest BCUT2D eigenvalue weighted by molar-refractivity contribution is 0.265. The largest absolute Gasteiger partial charge is 0.312 e. The molecular weight excluding hydrogens is 461 g/mol. The summed E-state index contributed by atoms with van der Waals surface area (Å²) in [6.07, 6.45) is 11.4. The van der Waals surface area contributed by atoms with Gasteiger partial charge in [0.05, 0.1) is 29.5 Å². The number of aromatic nitrogens is 5. The van der Waals surface area contributed by atoms with Gasteiger partial charge in [-0.1, -0.05) is 25.6 Å². The zero-order chi connectivity index (χ0) is 24.5. The van der Waals surface area contributed by atoms with Crippen molar-refractivity contribution in [2.24, 2.45) is 0 Å². The number of nitrogens with one attached hydrogen (secondary N) is 1. The van der Waals surface area contributed by atoms with Crippen LogP contribution in [0, 0.1) is 24.1 Å². The summed E-state index contributed by atoms with van der Waals surface area (Å²) >= 11 is 1.20. The van der Waals surface area contributed by atoms with Crippen LogP contribution in [0.25, 0.3) is 16.6 Å². The van der Waals surface area contributed by atoms with Gasteiger partial charge >= 0.3 is 0 Å². The van der Waals surface area contributed by atoms with Crippen LogP contribution in [0.2, 0.25) is 0 Å². The van der Waals surface area contributed by atoms with Crippen molar-refractivity contribution in [1.29, 1.82) is 5.26 Å². The van der Waals surface area contributed by atoms with Gasteiger partial charge in [0.2, 0.25) is 0 Å². The Labute approximate surface area is 208 Å². The normalized spacial score (nSPS) is 18.3. The Balaban J connectivity index is 1.49. The summed E-state index contributed by atoms with van der Waals surface area (Å²) in [5.74, 6) is -0.398. The Morgan fingerprint density at radius 3 is 2.71 bits per heavy atom. The minimum Gasteiger partial charge on any atom is -0.312 e. The molecule has 0 bridgehead atoms. The first kappa shape index (κ1) is 23.5. The summed E-state index contributed by atoms with van der Waals surface area (Å²) in [5, 5.41) is 22.7. The molecule has 35 heavy (non-hydrogen) atoms. The molecule has 4 heterocycles. The van der Waals surface area contributed by atoms with E-state index in [1.165, 1.54) is 24.0 Å². The third-order valence-electron chi connectivity index (χ3n) is 6.60. The van der Waals surface area contributed by atoms with Crippen LogP contribution in [0.5, 0.6) is 0 Å². The summed E-state index contributed by atoms with van der Waals surface area (Å²) < 4.78 is 18.2. The lowest BCUT2D eigenvalue weighted by atomic mass is 9.90. The first-order chi connectivity index (χ1) is 16.9. The standard InChI is InChI=1S/C26H28FN7S/c1-16(2)32-20-6-8-21(9-7-20)34-17(3)22(14-31-34)18-11-24(35-26-23(27)5-4-10-29-26)25-19(12-28)13-30-33(25)15-18/h4-5,10-11,13-16,20-21,32H,6-9H2,1-3H3. The van der Waals surface area contributed by atoms with E-state index in [0.29, 0.717) is 29.2 Å². The van der Waals surface area contributed by atoms with Crippen molar-refractivity contribution in [3.05, 3.63) is 60.1 Å². The number of hydrogen-bond acceptors (Lipinski definition) is 6. The van der Waals surface area contributed by atoms with Gasteiger partial charge in [0.25, 0.3) is 0 Å². The molecule has 1 aliphatic rings. The first-order valence-corrected chi connectivity index (χ1v) is 12.8. The SMILES string of the molecule is Cc1c(-c2cc(Sc3ncccc3F)c3c(C#N)cnn3c2)cnn1C1CCC(NC(C)C)CC1. The van der Waals surface area contributed by atoms with E-state index in [4.69, 9.17) is 5.10 Å². The fourth-order valence-electron chi connectivity index (χ4n) is 4.98. The number of rotatable bonds is 6. The van der Waals surface area contributed by atoms with Crippen LogP contribution in [0.15, 0.2) is 52.9 Å². The van der Waals surface area contributed by atoms with Crippen molar-refractivity contribution in [1.82, 2.24) is 29.7 Å². The Morgan fingerprint density at radius 2 is 2.00 bits per heavy atom. The zero-order valence-corrected chi connectivity index (χ0v) is 20.9. The summed E-state index contributed by atoms with van der Waals surface area (Å²) in [6, 6.07) is 8.58. The van der Waals surface area contributed by atoms with Crippen LogP contribution in [-0.4, -0.2) is 36.5 Å². The third-order valence-corrected chi connectivity index (χ3v) is 7.62. The maximum Gasteiger partial charge on any atom is 0.155 e. The third kappa shape index (κ3) is 4.68. The quantitative estimate of drug-likeness (QED) is 0.383. The van der Waals surface area contributed by atoms with Crippen LogP contribution in [-0.2, 0) is 0 Å². The molecule has 7 nitrogen and oxygen atoms in total. The molecule has 0 atom stereocenters. The summed E-state index contributed by atoms with van der Waals surface area (Å²) in [6.45, 7) is 6.49. The van der Waals surface area contributed by atoms with Crippen molar-refractivity contribution in [3.63, 3.8) is 0 Å². The van der Waals surface area contributed by atoms with E-state index in [0.717, 1.165) is 47.4 Å². The number of fused-ring (bicyclic) bond motifs is 1. The fourth-order valence-corrected chi connectivity index (χ4v) is 5.95. The molecule has 0 unspecified atom stereocenters. The van der Waals surface area contributed by atoms with E-state index in [1.54, 1.807) is 16.8 Å². The summed E-state index contributed by atoms with van der Waals surface area (Å²) in [4.78, 5) is 4.91. The highest BCUT2D eigenvalue weighted by Gasteiger charge is 2.25. The average molecular weight is 490 g/mol. The molecule has 0 saturated heterocycles. The molecule has 9 heteroatoms. The Morgan fingerprint density at radius 1 is 1.20 bits per heavy atom. The van der Waals surface area contributed by atoms with Gasteiger partial charge in [-0.15, -0.1) is 0 Å². The molecule has 180 valence electrons. The molecule has 1 N–H and O–H groups in total. The van der Waals surface area contributed by atoms with E-state index in [-0.39, 0.29) is 5.03 Å². The minimum atomic E-state index is -0.398. The molecule has 0 spiro atoms. The number of hydrogen-bond donors (Lipinski definition) is 1. The topological polar surface area (TPSA) is 83.8 Å². The Hall–Kier alpha value is -3.22. The molecule has 1 aliphatic carbocycles. The fraction of sp³-hybridized carbons (Fsp3) is 0.385. The summed E-state index contributed by atoms with van der Waals surface area (Å²) in [5.41, 5.74) is 4.11. The van der Waals surface area contributed by atoms with E-state index < -0.39 is 5.82 Å². The van der Waals surface area contributed by atoms with E-state index in [2.05, 4.69) is 46.9 Å². The highest BCUT2D eigenvalue weighted by molar-refractivity contribution is 7.99. The maximum atomic E-state index is 14.4. The van der Waals surface area contributed by atoms with Crippen LogP contribution < -0.4 is 5.32 Å². The van der Waals surface area contributed by atoms with Crippen molar-refractivity contribution >= 4 is 17.3 Å². The van der Waals surface area contributed by atoms with Crippen LogP contribution >= 0.6 is 11.8 Å². The second-order valence-electron chi connectivity index (χ2n) is 9.36. The molecule has 0 aliphatic heterocycles. The first-order valence-electron chi connectivity index (χ1n) is 11.9. The zero-order valence-electron chi connectivity index (χ0n) is 20.1. The number of nitrogens with zero attached hydrogens (tertiary/aromatic N) is 6. The number of nitriles is 1. The van der Waals surface area contributed by atoms with Gasteiger partial charge in [-0.05, 0) is 50.8 Å². The van der Waals surface area contributed by atoms with Gasteiger partial charge in [-0.25, -0.2) is 13.9 Å². The highest BCUT2D eigenvalue weighted by Crippen LogP contribution is 2.37. The van der Waals surface area contributed by atoms with E-state index in [9.17, 15) is 9.65 Å². The average Bonchev–Trinajstić information content (AvgIpc) is 3.44. The monoisotopic (exact) mass is 489 g/mol. The van der Waals surface area contributed by atoms with Crippen LogP contribution in [0.4, 0.5) is 4.39 Å². The number of pyridine rings is 2. The number of halogens is 1. The maximum absolute atomic E-state index is 14.4. The molecule has 4 aromatic rings. The van der Waals surface area contributed by atoms with Crippen molar-refractivity contribution in [2.75, 3.05) is 0 Å². The molecule has 4 aromatic heterocycles. The van der Waals surface area contributed by atoms with Crippen LogP contribution in [0.3, 0.4) is 0 Å². The van der Waals surface area contributed by atoms with Crippen molar-refractivity contribution in [2.45, 2.75) is 74.5 Å². The molecule has 0 amide bonds. The predicted octanol–water partition coefficient (Wildman–Crippen LogP) is 5.54. The van der Waals surface area contributed by atoms with Gasteiger partial charge < -0.3 is 5.32 Å². The van der Waals surface area contributed by atoms with Crippen molar-refractivity contribution in [3.8, 4) is 17.2 Å². The second kappa shape index (κ2) is 9.80. The molecule has 5 rings (SSSR count). The lowest BCUT2D eigenvalue weighted by Gasteiger charge is -2.31. The Kier molecular flexibility index (Phi) is 6.58. The molecular formula is C26H28FN7S. The predicted molar refractivity (Wildman–Crippen MR) is 134 cm³/mol. The minimum absolute atomic E-state index is 0.260. The molecule has 1 fully saturated rings. The van der Waals surface area contributed by atoms with E-state index >= 15 is 0 Å². The Bertz CT molecular complexity index is 1390. The highest BCUT2D eigenvalue weighted by atomic mass is 32.2. The molecule has 0 radical (unpaired) electrons. The molecule has 0 aromatic carbocycles. The van der Waals surface area contributed by atoms with Gasteiger partial charge in [-0.3, -0.25) is 4.68 Å². The van der Waals surface area contributed by atoms with Crippen molar-refractivity contribution < 1.29 is 4.39 Å². The molecule has 1 saturated carbocycles. The van der Waals surface area contributed by atoms with E-state index in [1.807, 2.05) is 18.5 Å². The van der Waals surface area contributed by atoms with Gasteiger partial charge in [0.1, 0.15) is 11.1 Å². The van der Waals surface area contributed by atoms with Gasteiger partial charge in [0, 0.05) is 46.2 Å². The summed E-state index contributed by atoms with van der Waals surface area (Å²) in [7, 11) is 0. The lowest BCUT2D eigenvalue weighted by Crippen LogP contribution is -2.38. The van der Waals surface area contributed by atoms with Gasteiger partial charge in [-0.2, -0.15) is 15.5 Å².